The smallest absolute Gasteiger partial charge is 0.245 e. The van der Waals surface area contributed by atoms with E-state index in [4.69, 9.17) is 14.8 Å². The van der Waals surface area contributed by atoms with E-state index in [-0.39, 0.29) is 0 Å². The normalized spacial score (nSPS) is 15.0. The molecule has 3 aromatic rings. The number of rotatable bonds is 4. The van der Waals surface area contributed by atoms with Crippen LogP contribution in [0.4, 0.5) is 5.95 Å². The first kappa shape index (κ1) is 14.4. The Morgan fingerprint density at radius 1 is 1.04 bits per heavy atom. The lowest BCUT2D eigenvalue weighted by atomic mass is 10.2. The van der Waals surface area contributed by atoms with Gasteiger partial charge in [-0.2, -0.15) is 4.98 Å². The summed E-state index contributed by atoms with van der Waals surface area (Å²) in [6.45, 7) is 3.90. The number of anilines is 1. The van der Waals surface area contributed by atoms with Crippen molar-refractivity contribution in [1.82, 2.24) is 14.8 Å². The van der Waals surface area contributed by atoms with Gasteiger partial charge in [-0.15, -0.1) is 16.4 Å². The molecule has 0 aliphatic carbocycles. The molecule has 0 radical (unpaired) electrons. The lowest BCUT2D eigenvalue weighted by Gasteiger charge is -2.25. The van der Waals surface area contributed by atoms with Crippen LogP contribution in [0.1, 0.15) is 5.56 Å². The average Bonchev–Trinajstić information content (AvgIpc) is 3.26. The molecule has 4 rings (SSSR count). The largest absolute Gasteiger partial charge is 0.378 e. The summed E-state index contributed by atoms with van der Waals surface area (Å²) in [6, 6.07) is 14.5. The van der Waals surface area contributed by atoms with E-state index in [1.807, 2.05) is 10.7 Å². The van der Waals surface area contributed by atoms with Gasteiger partial charge in [-0.3, -0.25) is 0 Å². The zero-order valence-electron chi connectivity index (χ0n) is 12.8. The zero-order valence-corrected chi connectivity index (χ0v) is 13.6. The van der Waals surface area contributed by atoms with Crippen LogP contribution in [0.5, 0.6) is 0 Å². The predicted molar refractivity (Wildman–Crippen MR) is 91.9 cm³/mol. The maximum Gasteiger partial charge on any atom is 0.245 e. The highest BCUT2D eigenvalue weighted by Gasteiger charge is 2.19. The Labute approximate surface area is 139 Å². The highest BCUT2D eigenvalue weighted by molar-refractivity contribution is 7.13. The molecule has 0 atom stereocenters. The lowest BCUT2D eigenvalue weighted by Crippen LogP contribution is -2.37. The fourth-order valence-electron chi connectivity index (χ4n) is 2.68. The molecule has 0 N–H and O–H groups in total. The molecular formula is C17H18N4OS. The van der Waals surface area contributed by atoms with Crippen molar-refractivity contribution in [2.45, 2.75) is 6.54 Å². The first-order chi connectivity index (χ1) is 11.4. The van der Waals surface area contributed by atoms with Gasteiger partial charge in [0.1, 0.15) is 0 Å². The predicted octanol–water partition coefficient (Wildman–Crippen LogP) is 2.89. The van der Waals surface area contributed by atoms with Gasteiger partial charge in [0.25, 0.3) is 0 Å². The van der Waals surface area contributed by atoms with Gasteiger partial charge >= 0.3 is 0 Å². The highest BCUT2D eigenvalue weighted by Crippen LogP contribution is 2.26. The molecule has 5 nitrogen and oxygen atoms in total. The van der Waals surface area contributed by atoms with Gasteiger partial charge in [0.05, 0.1) is 24.6 Å². The van der Waals surface area contributed by atoms with Crippen LogP contribution in [0, 0.1) is 0 Å². The van der Waals surface area contributed by atoms with Crippen molar-refractivity contribution >= 4 is 17.3 Å². The topological polar surface area (TPSA) is 43.2 Å². The summed E-state index contributed by atoms with van der Waals surface area (Å²) in [6.07, 6.45) is 0. The molecule has 6 heteroatoms. The van der Waals surface area contributed by atoms with Gasteiger partial charge in [0, 0.05) is 13.1 Å². The minimum absolute atomic E-state index is 0.728. The Hall–Kier alpha value is -2.18. The highest BCUT2D eigenvalue weighted by atomic mass is 32.1. The molecule has 3 heterocycles. The van der Waals surface area contributed by atoms with Crippen LogP contribution in [-0.2, 0) is 11.3 Å². The Balaban J connectivity index is 1.69. The summed E-state index contributed by atoms with van der Waals surface area (Å²) >= 11 is 1.69. The molecule has 1 aromatic carbocycles. The number of morpholine rings is 1. The van der Waals surface area contributed by atoms with E-state index < -0.39 is 0 Å². The first-order valence-corrected chi connectivity index (χ1v) is 8.63. The van der Waals surface area contributed by atoms with E-state index in [0.717, 1.165) is 49.5 Å². The van der Waals surface area contributed by atoms with E-state index in [0.29, 0.717) is 0 Å². The van der Waals surface area contributed by atoms with E-state index in [2.05, 4.69) is 46.7 Å². The lowest BCUT2D eigenvalue weighted by molar-refractivity contribution is 0.122. The third kappa shape index (κ3) is 3.13. The Bertz CT molecular complexity index is 748. The molecular weight excluding hydrogens is 308 g/mol. The van der Waals surface area contributed by atoms with Gasteiger partial charge in [-0.1, -0.05) is 36.4 Å². The molecule has 1 aliphatic rings. The standard InChI is InChI=1S/C17H18N4OS/c1-2-5-14(6-3-1)13-21-16(15-7-4-12-23-15)18-17(19-21)20-8-10-22-11-9-20/h1-7,12H,8-11,13H2. The fraction of sp³-hybridized carbons (Fsp3) is 0.294. The van der Waals surface area contributed by atoms with Crippen molar-refractivity contribution in [3.8, 4) is 10.7 Å². The number of nitrogens with zero attached hydrogens (tertiary/aromatic N) is 4. The van der Waals surface area contributed by atoms with E-state index in [9.17, 15) is 0 Å². The Morgan fingerprint density at radius 3 is 2.61 bits per heavy atom. The van der Waals surface area contributed by atoms with Gasteiger partial charge in [-0.05, 0) is 17.0 Å². The summed E-state index contributed by atoms with van der Waals surface area (Å²) in [4.78, 5) is 8.15. The number of benzene rings is 1. The van der Waals surface area contributed by atoms with E-state index in [1.54, 1.807) is 11.3 Å². The third-order valence-corrected chi connectivity index (χ3v) is 4.74. The second-order valence-electron chi connectivity index (χ2n) is 5.46. The van der Waals surface area contributed by atoms with Gasteiger partial charge < -0.3 is 9.64 Å². The van der Waals surface area contributed by atoms with E-state index in [1.165, 1.54) is 5.56 Å². The average molecular weight is 326 g/mol. The fourth-order valence-corrected chi connectivity index (χ4v) is 3.40. The van der Waals surface area contributed by atoms with Crippen molar-refractivity contribution < 1.29 is 4.74 Å². The molecule has 23 heavy (non-hydrogen) atoms. The minimum Gasteiger partial charge on any atom is -0.378 e. The van der Waals surface area contributed by atoms with Crippen molar-refractivity contribution in [3.05, 3.63) is 53.4 Å². The summed E-state index contributed by atoms with van der Waals surface area (Å²) in [7, 11) is 0. The number of hydrogen-bond donors (Lipinski definition) is 0. The molecule has 2 aromatic heterocycles. The first-order valence-electron chi connectivity index (χ1n) is 7.75. The summed E-state index contributed by atoms with van der Waals surface area (Å²) < 4.78 is 7.43. The molecule has 0 amide bonds. The number of ether oxygens (including phenoxy) is 1. The third-order valence-electron chi connectivity index (χ3n) is 3.87. The maximum atomic E-state index is 5.42. The van der Waals surface area contributed by atoms with Crippen molar-refractivity contribution in [2.75, 3.05) is 31.2 Å². The van der Waals surface area contributed by atoms with Crippen LogP contribution in [0.15, 0.2) is 47.8 Å². The number of thiophene rings is 1. The van der Waals surface area contributed by atoms with Gasteiger partial charge in [-0.25, -0.2) is 4.68 Å². The number of hydrogen-bond acceptors (Lipinski definition) is 5. The SMILES string of the molecule is c1ccc(Cn2nc(N3CCOCC3)nc2-c2cccs2)cc1. The van der Waals surface area contributed by atoms with E-state index >= 15 is 0 Å². The molecule has 0 bridgehead atoms. The monoisotopic (exact) mass is 326 g/mol. The second kappa shape index (κ2) is 6.52. The molecule has 1 saturated heterocycles. The van der Waals surface area contributed by atoms with Crippen LogP contribution in [0.2, 0.25) is 0 Å². The Kier molecular flexibility index (Phi) is 4.08. The summed E-state index contributed by atoms with van der Waals surface area (Å²) in [5.74, 6) is 1.73. The molecule has 0 saturated carbocycles. The Morgan fingerprint density at radius 2 is 1.87 bits per heavy atom. The van der Waals surface area contributed by atoms with Gasteiger partial charge in [0.15, 0.2) is 5.82 Å². The van der Waals surface area contributed by atoms with Crippen molar-refractivity contribution in [3.63, 3.8) is 0 Å². The molecule has 0 spiro atoms. The van der Waals surface area contributed by atoms with Crippen LogP contribution in [0.25, 0.3) is 10.7 Å². The van der Waals surface area contributed by atoms with Gasteiger partial charge in [0.2, 0.25) is 5.95 Å². The molecule has 118 valence electrons. The number of aromatic nitrogens is 3. The maximum absolute atomic E-state index is 5.42. The van der Waals surface area contributed by atoms with Crippen molar-refractivity contribution in [2.24, 2.45) is 0 Å². The van der Waals surface area contributed by atoms with Crippen LogP contribution < -0.4 is 4.90 Å². The molecule has 1 fully saturated rings. The quantitative estimate of drug-likeness (QED) is 0.739. The van der Waals surface area contributed by atoms with Crippen LogP contribution >= 0.6 is 11.3 Å². The van der Waals surface area contributed by atoms with Crippen LogP contribution in [0.3, 0.4) is 0 Å². The molecule has 0 unspecified atom stereocenters. The second-order valence-corrected chi connectivity index (χ2v) is 6.40. The van der Waals surface area contributed by atoms with Crippen molar-refractivity contribution in [1.29, 1.82) is 0 Å². The summed E-state index contributed by atoms with van der Waals surface area (Å²) in [5, 5.41) is 6.84. The minimum atomic E-state index is 0.728. The summed E-state index contributed by atoms with van der Waals surface area (Å²) in [5.41, 5.74) is 1.23. The molecule has 1 aliphatic heterocycles. The van der Waals surface area contributed by atoms with Crippen LogP contribution in [-0.4, -0.2) is 41.1 Å². The zero-order chi connectivity index (χ0) is 15.5.